The largest absolute Gasteiger partial charge is 0.493 e. The number of aromatic amines is 1. The van der Waals surface area contributed by atoms with Crippen LogP contribution in [0.3, 0.4) is 0 Å². The summed E-state index contributed by atoms with van der Waals surface area (Å²) < 4.78 is 5.69. The Morgan fingerprint density at radius 2 is 2.21 bits per heavy atom. The lowest BCUT2D eigenvalue weighted by Crippen LogP contribution is -1.94. The Balaban J connectivity index is 1.77. The van der Waals surface area contributed by atoms with Crippen molar-refractivity contribution < 1.29 is 4.74 Å². The average molecular weight is 254 g/mol. The first kappa shape index (κ1) is 11.1. The summed E-state index contributed by atoms with van der Waals surface area (Å²) >= 11 is 0. The maximum atomic E-state index is 5.69. The number of H-pyrrole nitrogens is 1. The second kappa shape index (κ2) is 3.62. The van der Waals surface area contributed by atoms with Gasteiger partial charge in [0.2, 0.25) is 0 Å². The lowest BCUT2D eigenvalue weighted by atomic mass is 9.96. The van der Waals surface area contributed by atoms with E-state index in [-0.39, 0.29) is 0 Å². The van der Waals surface area contributed by atoms with Gasteiger partial charge in [-0.3, -0.25) is 0 Å². The SMILES string of the molecule is CC1(C)C(c2cccc3c2CCO3)[C@H]1c1cnc[nH]1. The molecule has 2 atom stereocenters. The first-order chi connectivity index (χ1) is 9.19. The van der Waals surface area contributed by atoms with Crippen molar-refractivity contribution >= 4 is 0 Å². The van der Waals surface area contributed by atoms with Crippen LogP contribution in [0.1, 0.15) is 42.5 Å². The van der Waals surface area contributed by atoms with Crippen molar-refractivity contribution in [2.24, 2.45) is 5.41 Å². The van der Waals surface area contributed by atoms with Crippen LogP contribution < -0.4 is 4.74 Å². The van der Waals surface area contributed by atoms with Crippen LogP contribution in [0.2, 0.25) is 0 Å². The van der Waals surface area contributed by atoms with E-state index >= 15 is 0 Å². The topological polar surface area (TPSA) is 37.9 Å². The van der Waals surface area contributed by atoms with Crippen LogP contribution in [0.25, 0.3) is 0 Å². The van der Waals surface area contributed by atoms with E-state index in [2.05, 4.69) is 42.0 Å². The summed E-state index contributed by atoms with van der Waals surface area (Å²) in [6.07, 6.45) is 4.79. The molecule has 19 heavy (non-hydrogen) atoms. The molecule has 3 nitrogen and oxygen atoms in total. The Bertz CT molecular complexity index is 616. The molecule has 4 rings (SSSR count). The number of ether oxygens (including phenoxy) is 1. The standard InChI is InChI=1S/C16H18N2O/c1-16(2)14(15(16)12-8-17-9-18-12)11-4-3-5-13-10(11)6-7-19-13/h3-5,8-9,14-15H,6-7H2,1-2H3,(H,17,18)/t14?,15-/m1/s1. The summed E-state index contributed by atoms with van der Waals surface area (Å²) in [7, 11) is 0. The van der Waals surface area contributed by atoms with E-state index in [1.807, 2.05) is 6.20 Å². The predicted molar refractivity (Wildman–Crippen MR) is 73.5 cm³/mol. The Hall–Kier alpha value is -1.77. The van der Waals surface area contributed by atoms with E-state index in [1.54, 1.807) is 6.33 Å². The van der Waals surface area contributed by atoms with Crippen molar-refractivity contribution in [2.45, 2.75) is 32.1 Å². The van der Waals surface area contributed by atoms with Gasteiger partial charge in [0, 0.05) is 29.8 Å². The number of hydrogen-bond donors (Lipinski definition) is 1. The van der Waals surface area contributed by atoms with Crippen LogP contribution >= 0.6 is 0 Å². The van der Waals surface area contributed by atoms with Gasteiger partial charge in [0.05, 0.1) is 12.9 Å². The van der Waals surface area contributed by atoms with Crippen molar-refractivity contribution in [1.29, 1.82) is 0 Å². The van der Waals surface area contributed by atoms with Gasteiger partial charge in [-0.2, -0.15) is 0 Å². The van der Waals surface area contributed by atoms with Gasteiger partial charge in [-0.15, -0.1) is 0 Å². The second-order valence-corrected chi connectivity index (χ2v) is 6.21. The van der Waals surface area contributed by atoms with Gasteiger partial charge in [-0.1, -0.05) is 26.0 Å². The minimum Gasteiger partial charge on any atom is -0.493 e. The molecule has 1 aliphatic heterocycles. The zero-order valence-electron chi connectivity index (χ0n) is 11.3. The third kappa shape index (κ3) is 1.47. The van der Waals surface area contributed by atoms with Gasteiger partial charge in [0.1, 0.15) is 5.75 Å². The number of benzene rings is 1. The van der Waals surface area contributed by atoms with E-state index in [4.69, 9.17) is 4.74 Å². The third-order valence-electron chi connectivity index (χ3n) is 4.80. The maximum absolute atomic E-state index is 5.69. The van der Waals surface area contributed by atoms with Gasteiger partial charge < -0.3 is 9.72 Å². The zero-order chi connectivity index (χ0) is 13.0. The smallest absolute Gasteiger partial charge is 0.122 e. The molecule has 0 saturated heterocycles. The van der Waals surface area contributed by atoms with Gasteiger partial charge in [0.25, 0.3) is 0 Å². The zero-order valence-corrected chi connectivity index (χ0v) is 11.3. The first-order valence-corrected chi connectivity index (χ1v) is 6.92. The molecule has 1 N–H and O–H groups in total. The van der Waals surface area contributed by atoms with Crippen molar-refractivity contribution in [3.8, 4) is 5.75 Å². The fourth-order valence-electron chi connectivity index (χ4n) is 3.78. The summed E-state index contributed by atoms with van der Waals surface area (Å²) in [5, 5.41) is 0. The number of hydrogen-bond acceptors (Lipinski definition) is 2. The van der Waals surface area contributed by atoms with Crippen LogP contribution in [-0.2, 0) is 6.42 Å². The second-order valence-electron chi connectivity index (χ2n) is 6.21. The number of rotatable bonds is 2. The molecule has 1 aromatic heterocycles. The van der Waals surface area contributed by atoms with Crippen LogP contribution in [0.15, 0.2) is 30.7 Å². The van der Waals surface area contributed by atoms with E-state index in [9.17, 15) is 0 Å². The summed E-state index contributed by atoms with van der Waals surface area (Å²) in [6.45, 7) is 5.52. The molecule has 0 amide bonds. The van der Waals surface area contributed by atoms with Crippen molar-refractivity contribution in [3.63, 3.8) is 0 Å². The molecule has 98 valence electrons. The Morgan fingerprint density at radius 1 is 1.32 bits per heavy atom. The molecular formula is C16H18N2O. The Labute approximate surface area is 113 Å². The molecule has 1 unspecified atom stereocenters. The summed E-state index contributed by atoms with van der Waals surface area (Å²) in [5.74, 6) is 2.20. The maximum Gasteiger partial charge on any atom is 0.122 e. The normalized spacial score (nSPS) is 26.8. The summed E-state index contributed by atoms with van der Waals surface area (Å²) in [5.41, 5.74) is 4.44. The van der Waals surface area contributed by atoms with Crippen LogP contribution in [0, 0.1) is 5.41 Å². The van der Waals surface area contributed by atoms with Crippen LogP contribution in [0.4, 0.5) is 0 Å². The fraction of sp³-hybridized carbons (Fsp3) is 0.438. The average Bonchev–Trinajstić information content (AvgIpc) is 2.91. The van der Waals surface area contributed by atoms with Gasteiger partial charge in [-0.05, 0) is 23.0 Å². The molecule has 1 saturated carbocycles. The van der Waals surface area contributed by atoms with E-state index in [1.165, 1.54) is 16.8 Å². The Morgan fingerprint density at radius 3 is 3.00 bits per heavy atom. The van der Waals surface area contributed by atoms with Crippen LogP contribution in [0.5, 0.6) is 5.75 Å². The third-order valence-corrected chi connectivity index (χ3v) is 4.80. The van der Waals surface area contributed by atoms with Crippen molar-refractivity contribution in [3.05, 3.63) is 47.5 Å². The van der Waals surface area contributed by atoms with E-state index in [0.717, 1.165) is 18.8 Å². The van der Waals surface area contributed by atoms with E-state index in [0.29, 0.717) is 17.3 Å². The molecule has 3 heteroatoms. The molecule has 2 aromatic rings. The lowest BCUT2D eigenvalue weighted by Gasteiger charge is -2.08. The molecule has 2 heterocycles. The minimum absolute atomic E-state index is 0.296. The molecule has 0 bridgehead atoms. The Kier molecular flexibility index (Phi) is 2.12. The quantitative estimate of drug-likeness (QED) is 0.893. The number of aromatic nitrogens is 2. The van der Waals surface area contributed by atoms with Gasteiger partial charge in [-0.25, -0.2) is 4.98 Å². The first-order valence-electron chi connectivity index (χ1n) is 6.92. The van der Waals surface area contributed by atoms with Gasteiger partial charge >= 0.3 is 0 Å². The number of nitrogens with zero attached hydrogens (tertiary/aromatic N) is 1. The molecule has 0 spiro atoms. The molecule has 0 radical (unpaired) electrons. The molecule has 1 aliphatic carbocycles. The van der Waals surface area contributed by atoms with Gasteiger partial charge in [0.15, 0.2) is 0 Å². The highest BCUT2D eigenvalue weighted by atomic mass is 16.5. The monoisotopic (exact) mass is 254 g/mol. The van der Waals surface area contributed by atoms with E-state index < -0.39 is 0 Å². The lowest BCUT2D eigenvalue weighted by molar-refractivity contribution is 0.357. The highest BCUT2D eigenvalue weighted by molar-refractivity contribution is 5.50. The highest BCUT2D eigenvalue weighted by Gasteiger charge is 2.60. The minimum atomic E-state index is 0.296. The fourth-order valence-corrected chi connectivity index (χ4v) is 3.78. The van der Waals surface area contributed by atoms with Crippen molar-refractivity contribution in [1.82, 2.24) is 9.97 Å². The summed E-state index contributed by atoms with van der Waals surface area (Å²) in [4.78, 5) is 7.45. The highest BCUT2D eigenvalue weighted by Crippen LogP contribution is 2.70. The number of imidazole rings is 1. The van der Waals surface area contributed by atoms with Crippen molar-refractivity contribution in [2.75, 3.05) is 6.61 Å². The number of nitrogens with one attached hydrogen (secondary N) is 1. The summed E-state index contributed by atoms with van der Waals surface area (Å²) in [6, 6.07) is 6.49. The molecule has 2 aliphatic rings. The molecular weight excluding hydrogens is 236 g/mol. The molecule has 1 aromatic carbocycles. The molecule has 1 fully saturated rings. The number of fused-ring (bicyclic) bond motifs is 1. The predicted octanol–water partition coefficient (Wildman–Crippen LogP) is 3.25. The van der Waals surface area contributed by atoms with Crippen LogP contribution in [-0.4, -0.2) is 16.6 Å².